The molecule has 0 heterocycles. The predicted octanol–water partition coefficient (Wildman–Crippen LogP) is 3.24. The van der Waals surface area contributed by atoms with E-state index in [2.05, 4.69) is 19.2 Å². The number of benzene rings is 2. The number of ether oxygens (including phenoxy) is 1. The standard InChI is InChI=1S/C21H23NO4/c1-15(2)12-13-22-19(23)14-26-21(25)18-11-7-6-10-17(18)20(24)16-8-4-3-5-9-16/h3-11,15H,12-14H2,1-2H3,(H,22,23). The van der Waals surface area contributed by atoms with E-state index in [1.165, 1.54) is 6.07 Å². The van der Waals surface area contributed by atoms with Crippen LogP contribution in [-0.4, -0.2) is 30.8 Å². The Morgan fingerprint density at radius 2 is 1.54 bits per heavy atom. The Kier molecular flexibility index (Phi) is 7.09. The van der Waals surface area contributed by atoms with E-state index in [1.807, 2.05) is 6.07 Å². The number of nitrogens with one attached hydrogen (secondary N) is 1. The summed E-state index contributed by atoms with van der Waals surface area (Å²) in [5.74, 6) is -0.831. The van der Waals surface area contributed by atoms with Gasteiger partial charge >= 0.3 is 5.97 Å². The number of rotatable bonds is 8. The maximum atomic E-state index is 12.6. The first-order valence-electron chi connectivity index (χ1n) is 8.61. The van der Waals surface area contributed by atoms with Gasteiger partial charge in [-0.1, -0.05) is 62.4 Å². The maximum Gasteiger partial charge on any atom is 0.339 e. The second-order valence-corrected chi connectivity index (χ2v) is 6.35. The summed E-state index contributed by atoms with van der Waals surface area (Å²) in [4.78, 5) is 36.7. The average molecular weight is 353 g/mol. The molecule has 0 aromatic heterocycles. The van der Waals surface area contributed by atoms with Crippen LogP contribution in [-0.2, 0) is 9.53 Å². The quantitative estimate of drug-likeness (QED) is 0.584. The van der Waals surface area contributed by atoms with Gasteiger partial charge in [-0.05, 0) is 18.4 Å². The van der Waals surface area contributed by atoms with Crippen LogP contribution in [0.1, 0.15) is 46.5 Å². The SMILES string of the molecule is CC(C)CCNC(=O)COC(=O)c1ccccc1C(=O)c1ccccc1. The molecular formula is C21H23NO4. The molecule has 0 bridgehead atoms. The van der Waals surface area contributed by atoms with Gasteiger partial charge in [-0.3, -0.25) is 9.59 Å². The molecule has 0 aliphatic heterocycles. The van der Waals surface area contributed by atoms with Crippen molar-refractivity contribution in [1.29, 1.82) is 0 Å². The first-order chi connectivity index (χ1) is 12.5. The number of carbonyl (C=O) groups excluding carboxylic acids is 3. The van der Waals surface area contributed by atoms with E-state index in [0.29, 0.717) is 18.0 Å². The fourth-order valence-electron chi connectivity index (χ4n) is 2.36. The van der Waals surface area contributed by atoms with E-state index < -0.39 is 5.97 Å². The molecule has 0 saturated carbocycles. The van der Waals surface area contributed by atoms with Crippen molar-refractivity contribution in [3.05, 3.63) is 71.3 Å². The molecule has 0 spiro atoms. The highest BCUT2D eigenvalue weighted by atomic mass is 16.5. The molecule has 0 radical (unpaired) electrons. The molecule has 26 heavy (non-hydrogen) atoms. The van der Waals surface area contributed by atoms with E-state index in [0.717, 1.165) is 6.42 Å². The molecule has 1 amide bonds. The van der Waals surface area contributed by atoms with Crippen molar-refractivity contribution < 1.29 is 19.1 Å². The van der Waals surface area contributed by atoms with E-state index in [4.69, 9.17) is 4.74 Å². The monoisotopic (exact) mass is 353 g/mol. The number of carbonyl (C=O) groups is 3. The maximum absolute atomic E-state index is 12.6. The lowest BCUT2D eigenvalue weighted by Crippen LogP contribution is -2.30. The summed E-state index contributed by atoms with van der Waals surface area (Å²) in [6.07, 6.45) is 0.855. The molecule has 1 N–H and O–H groups in total. The molecule has 5 nitrogen and oxygen atoms in total. The Morgan fingerprint density at radius 3 is 2.19 bits per heavy atom. The highest BCUT2D eigenvalue weighted by molar-refractivity contribution is 6.14. The highest BCUT2D eigenvalue weighted by Gasteiger charge is 2.19. The number of ketones is 1. The Morgan fingerprint density at radius 1 is 0.923 bits per heavy atom. The first-order valence-corrected chi connectivity index (χ1v) is 8.61. The molecule has 5 heteroatoms. The third-order valence-corrected chi connectivity index (χ3v) is 3.81. The minimum absolute atomic E-state index is 0.149. The van der Waals surface area contributed by atoms with Gasteiger partial charge in [0.05, 0.1) is 5.56 Å². The first kappa shape index (κ1) is 19.4. The van der Waals surface area contributed by atoms with Crippen LogP contribution >= 0.6 is 0 Å². The molecule has 0 unspecified atom stereocenters. The predicted molar refractivity (Wildman–Crippen MR) is 99.1 cm³/mol. The lowest BCUT2D eigenvalue weighted by atomic mass is 9.98. The summed E-state index contributed by atoms with van der Waals surface area (Å²) in [6, 6.07) is 15.1. The van der Waals surface area contributed by atoms with Gasteiger partial charge in [0.25, 0.3) is 5.91 Å². The smallest absolute Gasteiger partial charge is 0.339 e. The zero-order valence-corrected chi connectivity index (χ0v) is 15.0. The van der Waals surface area contributed by atoms with Gasteiger partial charge in [0, 0.05) is 17.7 Å². The third kappa shape index (κ3) is 5.55. The molecular weight excluding hydrogens is 330 g/mol. The molecule has 2 aromatic rings. The molecule has 0 saturated heterocycles. The van der Waals surface area contributed by atoms with Crippen molar-refractivity contribution in [2.75, 3.05) is 13.2 Å². The highest BCUT2D eigenvalue weighted by Crippen LogP contribution is 2.15. The van der Waals surface area contributed by atoms with Crippen LogP contribution in [0.2, 0.25) is 0 Å². The zero-order valence-electron chi connectivity index (χ0n) is 15.0. The molecule has 2 aromatic carbocycles. The second kappa shape index (κ2) is 9.51. The van der Waals surface area contributed by atoms with Crippen molar-refractivity contribution in [1.82, 2.24) is 5.32 Å². The van der Waals surface area contributed by atoms with Crippen molar-refractivity contribution in [3.8, 4) is 0 Å². The van der Waals surface area contributed by atoms with Crippen LogP contribution in [0.4, 0.5) is 0 Å². The normalized spacial score (nSPS) is 10.4. The van der Waals surface area contributed by atoms with Gasteiger partial charge in [-0.15, -0.1) is 0 Å². The fourth-order valence-corrected chi connectivity index (χ4v) is 2.36. The van der Waals surface area contributed by atoms with Gasteiger partial charge in [0.2, 0.25) is 0 Å². The van der Waals surface area contributed by atoms with Gasteiger partial charge in [0.1, 0.15) is 0 Å². The number of hydrogen-bond donors (Lipinski definition) is 1. The second-order valence-electron chi connectivity index (χ2n) is 6.35. The number of esters is 1. The minimum atomic E-state index is -0.691. The van der Waals surface area contributed by atoms with Gasteiger partial charge in [-0.25, -0.2) is 4.79 Å². The van der Waals surface area contributed by atoms with Gasteiger partial charge in [0.15, 0.2) is 12.4 Å². The van der Waals surface area contributed by atoms with Crippen LogP contribution in [0.5, 0.6) is 0 Å². The lowest BCUT2D eigenvalue weighted by Gasteiger charge is -2.10. The van der Waals surface area contributed by atoms with Crippen molar-refractivity contribution >= 4 is 17.7 Å². The van der Waals surface area contributed by atoms with E-state index in [9.17, 15) is 14.4 Å². The Labute approximate surface area is 153 Å². The van der Waals surface area contributed by atoms with Crippen molar-refractivity contribution in [2.45, 2.75) is 20.3 Å². The third-order valence-electron chi connectivity index (χ3n) is 3.81. The number of amides is 1. The van der Waals surface area contributed by atoms with Gasteiger partial charge < -0.3 is 10.1 Å². The summed E-state index contributed by atoms with van der Waals surface area (Å²) in [5, 5.41) is 2.70. The lowest BCUT2D eigenvalue weighted by molar-refractivity contribution is -0.124. The van der Waals surface area contributed by atoms with E-state index >= 15 is 0 Å². The van der Waals surface area contributed by atoms with Crippen LogP contribution in [0, 0.1) is 5.92 Å². The minimum Gasteiger partial charge on any atom is -0.452 e. The Hall–Kier alpha value is -2.95. The molecule has 0 atom stereocenters. The Bertz CT molecular complexity index is 769. The molecule has 0 fully saturated rings. The van der Waals surface area contributed by atoms with Crippen LogP contribution in [0.15, 0.2) is 54.6 Å². The van der Waals surface area contributed by atoms with Crippen molar-refractivity contribution in [2.24, 2.45) is 5.92 Å². The topological polar surface area (TPSA) is 72.5 Å². The largest absolute Gasteiger partial charge is 0.452 e. The van der Waals surface area contributed by atoms with Crippen molar-refractivity contribution in [3.63, 3.8) is 0 Å². The average Bonchev–Trinajstić information content (AvgIpc) is 2.66. The van der Waals surface area contributed by atoms with Gasteiger partial charge in [-0.2, -0.15) is 0 Å². The number of hydrogen-bond acceptors (Lipinski definition) is 4. The summed E-state index contributed by atoms with van der Waals surface area (Å²) in [5.41, 5.74) is 0.888. The molecule has 2 rings (SSSR count). The van der Waals surface area contributed by atoms with Crippen LogP contribution < -0.4 is 5.32 Å². The Balaban J connectivity index is 2.01. The summed E-state index contributed by atoms with van der Waals surface area (Å²) in [7, 11) is 0. The van der Waals surface area contributed by atoms with E-state index in [1.54, 1.807) is 42.5 Å². The summed E-state index contributed by atoms with van der Waals surface area (Å²) < 4.78 is 5.07. The zero-order chi connectivity index (χ0) is 18.9. The fraction of sp³-hybridized carbons (Fsp3) is 0.286. The van der Waals surface area contributed by atoms with Crippen LogP contribution in [0.3, 0.4) is 0 Å². The van der Waals surface area contributed by atoms with Crippen LogP contribution in [0.25, 0.3) is 0 Å². The summed E-state index contributed by atoms with van der Waals surface area (Å²) in [6.45, 7) is 4.29. The molecule has 0 aliphatic rings. The molecule has 136 valence electrons. The van der Waals surface area contributed by atoms with E-state index in [-0.39, 0.29) is 29.4 Å². The molecule has 0 aliphatic carbocycles. The summed E-state index contributed by atoms with van der Waals surface area (Å²) >= 11 is 0.